The minimum absolute atomic E-state index is 0.163. The molecule has 1 aliphatic rings. The van der Waals surface area contributed by atoms with Gasteiger partial charge in [0.25, 0.3) is 17.5 Å². The summed E-state index contributed by atoms with van der Waals surface area (Å²) in [6.07, 6.45) is -0.774. The first-order valence-electron chi connectivity index (χ1n) is 13.4. The Kier molecular flexibility index (Phi) is 9.55. The summed E-state index contributed by atoms with van der Waals surface area (Å²) in [6, 6.07) is 16.2. The normalized spacial score (nSPS) is 13.5. The molecule has 3 N–H and O–H groups in total. The first-order chi connectivity index (χ1) is 20.5. The molecule has 1 atom stereocenters. The first kappa shape index (κ1) is 30.5. The zero-order chi connectivity index (χ0) is 31.1. The second-order valence-corrected chi connectivity index (χ2v) is 9.97. The van der Waals surface area contributed by atoms with Crippen molar-refractivity contribution in [2.24, 2.45) is 0 Å². The molecule has 3 amide bonds. The average Bonchev–Trinajstić information content (AvgIpc) is 3.00. The van der Waals surface area contributed by atoms with Crippen LogP contribution in [0.5, 0.6) is 0 Å². The molecule has 13 heteroatoms. The van der Waals surface area contributed by atoms with Crippen LogP contribution in [0.15, 0.2) is 66.7 Å². The SMILES string of the molecule is COC(=O)N1CCN(c2ccc(C(=O)NC(CC(=O)O)c3ccc(C)cc3)cc2NC(=O)c2ccc([N+](=O)[O-])cc2)CC1. The highest BCUT2D eigenvalue weighted by Gasteiger charge is 2.25. The van der Waals surface area contributed by atoms with Crippen LogP contribution in [0.25, 0.3) is 0 Å². The van der Waals surface area contributed by atoms with Crippen molar-refractivity contribution in [1.82, 2.24) is 10.2 Å². The number of carboxylic acids is 1. The average molecular weight is 590 g/mol. The molecule has 3 aromatic carbocycles. The Labute approximate surface area is 247 Å². The van der Waals surface area contributed by atoms with Crippen molar-refractivity contribution >= 4 is 40.9 Å². The number of carboxylic acid groups (broad SMARTS) is 1. The summed E-state index contributed by atoms with van der Waals surface area (Å²) in [5, 5.41) is 26.1. The van der Waals surface area contributed by atoms with Gasteiger partial charge in [0.05, 0.1) is 35.9 Å². The fourth-order valence-electron chi connectivity index (χ4n) is 4.71. The van der Waals surface area contributed by atoms with E-state index in [9.17, 15) is 34.4 Å². The number of rotatable bonds is 9. The Balaban J connectivity index is 1.62. The van der Waals surface area contributed by atoms with Crippen molar-refractivity contribution in [3.63, 3.8) is 0 Å². The number of ether oxygens (including phenoxy) is 1. The van der Waals surface area contributed by atoms with Crippen molar-refractivity contribution in [3.8, 4) is 0 Å². The van der Waals surface area contributed by atoms with Crippen molar-refractivity contribution in [2.45, 2.75) is 19.4 Å². The topological polar surface area (TPSA) is 171 Å². The number of methoxy groups -OCH3 is 1. The molecular formula is C30H31N5O8. The van der Waals surface area contributed by atoms with Crippen LogP contribution >= 0.6 is 0 Å². The van der Waals surface area contributed by atoms with E-state index < -0.39 is 34.8 Å². The van der Waals surface area contributed by atoms with Crippen molar-refractivity contribution in [2.75, 3.05) is 43.5 Å². The molecule has 3 aromatic rings. The second-order valence-electron chi connectivity index (χ2n) is 9.97. The minimum Gasteiger partial charge on any atom is -0.481 e. The van der Waals surface area contributed by atoms with Crippen LogP contribution in [0.4, 0.5) is 21.9 Å². The number of aryl methyl sites for hydroxylation is 1. The van der Waals surface area contributed by atoms with Crippen LogP contribution in [0.1, 0.15) is 44.3 Å². The number of hydrogen-bond donors (Lipinski definition) is 3. The highest BCUT2D eigenvalue weighted by molar-refractivity contribution is 6.07. The Bertz CT molecular complexity index is 1520. The maximum atomic E-state index is 13.4. The van der Waals surface area contributed by atoms with Gasteiger partial charge in [0.2, 0.25) is 0 Å². The summed E-state index contributed by atoms with van der Waals surface area (Å²) in [5.74, 6) is -2.17. The molecule has 4 rings (SSSR count). The number of piperazine rings is 1. The van der Waals surface area contributed by atoms with Gasteiger partial charge in [-0.05, 0) is 42.8 Å². The third kappa shape index (κ3) is 7.64. The van der Waals surface area contributed by atoms with E-state index in [4.69, 9.17) is 4.74 Å². The summed E-state index contributed by atoms with van der Waals surface area (Å²) < 4.78 is 4.80. The third-order valence-electron chi connectivity index (χ3n) is 7.06. The van der Waals surface area contributed by atoms with Gasteiger partial charge >= 0.3 is 12.1 Å². The van der Waals surface area contributed by atoms with Crippen LogP contribution in [0.2, 0.25) is 0 Å². The standard InChI is InChI=1S/C30H31N5O8/c1-19-3-5-20(6-4-19)24(18-27(36)37)31-29(39)22-9-12-26(33-13-15-34(16-14-33)30(40)43-2)25(17-22)32-28(38)21-7-10-23(11-8-21)35(41)42/h3-12,17,24H,13-16,18H2,1-2H3,(H,31,39)(H,32,38)(H,36,37). The lowest BCUT2D eigenvalue weighted by atomic mass is 10.0. The maximum Gasteiger partial charge on any atom is 0.409 e. The zero-order valence-corrected chi connectivity index (χ0v) is 23.6. The first-order valence-corrected chi connectivity index (χ1v) is 13.4. The molecule has 1 saturated heterocycles. The van der Waals surface area contributed by atoms with Crippen LogP contribution in [0.3, 0.4) is 0 Å². The molecule has 0 saturated carbocycles. The van der Waals surface area contributed by atoms with Gasteiger partial charge in [-0.15, -0.1) is 0 Å². The van der Waals surface area contributed by atoms with Gasteiger partial charge in [-0.25, -0.2) is 4.79 Å². The van der Waals surface area contributed by atoms with Gasteiger partial charge in [-0.2, -0.15) is 0 Å². The third-order valence-corrected chi connectivity index (χ3v) is 7.06. The van der Waals surface area contributed by atoms with Crippen LogP contribution in [0, 0.1) is 17.0 Å². The van der Waals surface area contributed by atoms with Crippen molar-refractivity contribution in [3.05, 3.63) is 99.1 Å². The number of aliphatic carboxylic acids is 1. The van der Waals surface area contributed by atoms with E-state index in [2.05, 4.69) is 10.6 Å². The monoisotopic (exact) mass is 589 g/mol. The number of benzene rings is 3. The molecule has 0 radical (unpaired) electrons. The summed E-state index contributed by atoms with van der Waals surface area (Å²) in [6.45, 7) is 3.50. The molecule has 1 heterocycles. The lowest BCUT2D eigenvalue weighted by Gasteiger charge is -2.36. The van der Waals surface area contributed by atoms with Crippen LogP contribution in [-0.2, 0) is 9.53 Å². The zero-order valence-electron chi connectivity index (χ0n) is 23.6. The number of nitro benzene ring substituents is 1. The predicted octanol–water partition coefficient (Wildman–Crippen LogP) is 3.99. The summed E-state index contributed by atoms with van der Waals surface area (Å²) >= 11 is 0. The number of nitrogens with one attached hydrogen (secondary N) is 2. The van der Waals surface area contributed by atoms with Gasteiger partial charge in [-0.3, -0.25) is 24.5 Å². The van der Waals surface area contributed by atoms with Gasteiger partial charge in [0, 0.05) is 49.4 Å². The van der Waals surface area contributed by atoms with E-state index in [-0.39, 0.29) is 23.2 Å². The molecule has 13 nitrogen and oxygen atoms in total. The lowest BCUT2D eigenvalue weighted by molar-refractivity contribution is -0.384. The minimum atomic E-state index is -1.08. The van der Waals surface area contributed by atoms with E-state index in [0.717, 1.165) is 5.56 Å². The fraction of sp³-hybridized carbons (Fsp3) is 0.267. The summed E-state index contributed by atoms with van der Waals surface area (Å²) in [7, 11) is 1.31. The second kappa shape index (κ2) is 13.5. The lowest BCUT2D eigenvalue weighted by Crippen LogP contribution is -2.49. The highest BCUT2D eigenvalue weighted by atomic mass is 16.6. The Morgan fingerprint density at radius 2 is 1.56 bits per heavy atom. The quantitative estimate of drug-likeness (QED) is 0.246. The Morgan fingerprint density at radius 3 is 2.14 bits per heavy atom. The maximum absolute atomic E-state index is 13.4. The molecule has 43 heavy (non-hydrogen) atoms. The molecule has 0 aromatic heterocycles. The fourth-order valence-corrected chi connectivity index (χ4v) is 4.71. The van der Waals surface area contributed by atoms with Gasteiger partial charge in [0.1, 0.15) is 0 Å². The molecule has 0 bridgehead atoms. The largest absolute Gasteiger partial charge is 0.481 e. The molecule has 224 valence electrons. The van der Waals surface area contributed by atoms with Crippen molar-refractivity contribution in [1.29, 1.82) is 0 Å². The van der Waals surface area contributed by atoms with Gasteiger partial charge in [-0.1, -0.05) is 29.8 Å². The summed E-state index contributed by atoms with van der Waals surface area (Å²) in [5.41, 5.74) is 2.70. The number of nitrogens with zero attached hydrogens (tertiary/aromatic N) is 3. The van der Waals surface area contributed by atoms with Gasteiger partial charge < -0.3 is 30.3 Å². The number of non-ortho nitro benzene ring substituents is 1. The number of nitro groups is 1. The van der Waals surface area contributed by atoms with Gasteiger partial charge in [0.15, 0.2) is 0 Å². The van der Waals surface area contributed by atoms with E-state index in [0.29, 0.717) is 43.1 Å². The van der Waals surface area contributed by atoms with E-state index in [1.807, 2.05) is 24.0 Å². The number of carbonyl (C=O) groups is 4. The van der Waals surface area contributed by atoms with E-state index in [1.165, 1.54) is 37.4 Å². The number of amides is 3. The Morgan fingerprint density at radius 1 is 0.930 bits per heavy atom. The molecule has 1 aliphatic heterocycles. The highest BCUT2D eigenvalue weighted by Crippen LogP contribution is 2.30. The summed E-state index contributed by atoms with van der Waals surface area (Å²) in [4.78, 5) is 64.0. The Hall–Kier alpha value is -5.46. The molecule has 1 unspecified atom stereocenters. The number of carbonyl (C=O) groups excluding carboxylic acids is 3. The molecule has 0 aliphatic carbocycles. The smallest absolute Gasteiger partial charge is 0.409 e. The predicted molar refractivity (Wildman–Crippen MR) is 157 cm³/mol. The number of hydrogen-bond acceptors (Lipinski definition) is 8. The molecule has 1 fully saturated rings. The molecular weight excluding hydrogens is 558 g/mol. The van der Waals surface area contributed by atoms with E-state index >= 15 is 0 Å². The van der Waals surface area contributed by atoms with Crippen molar-refractivity contribution < 1.29 is 33.9 Å². The van der Waals surface area contributed by atoms with Crippen LogP contribution in [-0.4, -0.2) is 72.1 Å². The molecule has 0 spiro atoms. The van der Waals surface area contributed by atoms with Crippen LogP contribution < -0.4 is 15.5 Å². The number of anilines is 2. The van der Waals surface area contributed by atoms with E-state index in [1.54, 1.807) is 29.2 Å².